The summed E-state index contributed by atoms with van der Waals surface area (Å²) in [5.74, 6) is -2.43. The molecule has 2 aliphatic heterocycles. The van der Waals surface area contributed by atoms with Gasteiger partial charge in [-0.25, -0.2) is 9.78 Å². The van der Waals surface area contributed by atoms with E-state index in [1.54, 1.807) is 12.2 Å². The highest BCUT2D eigenvalue weighted by molar-refractivity contribution is 6.02. The lowest BCUT2D eigenvalue weighted by molar-refractivity contribution is -0.149. The number of allylic oxidation sites excluding steroid dienone is 6. The van der Waals surface area contributed by atoms with Gasteiger partial charge in [0.15, 0.2) is 0 Å². The fourth-order valence-electron chi connectivity index (χ4n) is 8.62. The Labute approximate surface area is 363 Å². The molecule has 3 aromatic heterocycles. The zero-order chi connectivity index (χ0) is 45.0. The van der Waals surface area contributed by atoms with Crippen molar-refractivity contribution in [3.8, 4) is 0 Å². The number of likely N-dealkylation sites (N-methyl/N-ethyl adjacent to an activating group) is 2. The van der Waals surface area contributed by atoms with E-state index in [-0.39, 0.29) is 30.2 Å². The van der Waals surface area contributed by atoms with Crippen LogP contribution in [0.3, 0.4) is 0 Å². The number of hydrogen-bond donors (Lipinski definition) is 4. The number of amides is 2. The lowest BCUT2D eigenvalue weighted by Gasteiger charge is -2.36. The highest BCUT2D eigenvalue weighted by Crippen LogP contribution is 2.52. The average Bonchev–Trinajstić information content (AvgIpc) is 3.88. The van der Waals surface area contributed by atoms with Crippen LogP contribution in [0.25, 0.3) is 38.8 Å². The number of ether oxygens (including phenoxy) is 2. The quantitative estimate of drug-likeness (QED) is 0.143. The van der Waals surface area contributed by atoms with Crippen LogP contribution in [0.15, 0.2) is 54.6 Å². The maximum absolute atomic E-state index is 13.9. The predicted molar refractivity (Wildman–Crippen MR) is 244 cm³/mol. The van der Waals surface area contributed by atoms with Crippen molar-refractivity contribution in [3.63, 3.8) is 0 Å². The van der Waals surface area contributed by atoms with Crippen molar-refractivity contribution < 1.29 is 28.7 Å². The van der Waals surface area contributed by atoms with Gasteiger partial charge in [0.1, 0.15) is 5.92 Å². The largest absolute Gasteiger partial charge is 0.469 e. The highest BCUT2D eigenvalue weighted by atomic mass is 16.5. The number of aromatic amines is 2. The van der Waals surface area contributed by atoms with E-state index in [1.807, 2.05) is 89.1 Å². The maximum atomic E-state index is 13.9. The Morgan fingerprint density at radius 2 is 1.32 bits per heavy atom. The standard InChI is InChI=1S/C48H60N8O6/c1-12-30-27(2)36-24-41-34-16-13-33(46(59)61-10)45(47(60)62-11)48(34,5)42(54-41)26-37-29(4)32(15-18-44(58)50-20-22-56(8)9)40(53-37)25-39-31(14-17-43(57)49-19-21-55(6)7)28(3)35(52-39)23-38(30)51-36/h12-13,16,23-26,45,52-53H,1,14-15,17-22H2,2-11H3,(H,49,57)(H,50,58)/t45-,48+/m0/s1. The van der Waals surface area contributed by atoms with Crippen LogP contribution in [-0.2, 0) is 46.9 Å². The Morgan fingerprint density at radius 3 is 1.84 bits per heavy atom. The van der Waals surface area contributed by atoms with Gasteiger partial charge in [-0.05, 0) is 126 Å². The van der Waals surface area contributed by atoms with Crippen molar-refractivity contribution >= 4 is 62.5 Å². The first kappa shape index (κ1) is 45.4. The number of fused-ring (bicyclic) bond motifs is 11. The third kappa shape index (κ3) is 9.07. The van der Waals surface area contributed by atoms with E-state index in [4.69, 9.17) is 19.4 Å². The highest BCUT2D eigenvalue weighted by Gasteiger charge is 2.53. The first-order valence-corrected chi connectivity index (χ1v) is 21.0. The molecule has 0 fully saturated rings. The van der Waals surface area contributed by atoms with Gasteiger partial charge in [-0.1, -0.05) is 24.8 Å². The summed E-state index contributed by atoms with van der Waals surface area (Å²) in [6.07, 6.45) is 6.68. The van der Waals surface area contributed by atoms with E-state index >= 15 is 0 Å². The molecule has 3 aromatic rings. The minimum Gasteiger partial charge on any atom is -0.469 e. The Balaban J connectivity index is 1.65. The van der Waals surface area contributed by atoms with Crippen LogP contribution in [0.2, 0.25) is 0 Å². The first-order valence-electron chi connectivity index (χ1n) is 21.0. The lowest BCUT2D eigenvalue weighted by atomic mass is 9.64. The third-order valence-electron chi connectivity index (χ3n) is 12.3. The second kappa shape index (κ2) is 18.9. The van der Waals surface area contributed by atoms with Crippen molar-refractivity contribution in [1.29, 1.82) is 0 Å². The third-order valence-corrected chi connectivity index (χ3v) is 12.3. The predicted octanol–water partition coefficient (Wildman–Crippen LogP) is 5.51. The van der Waals surface area contributed by atoms with Gasteiger partial charge in [-0.2, -0.15) is 0 Å². The zero-order valence-electron chi connectivity index (χ0n) is 37.7. The Hall–Kier alpha value is -6.12. The van der Waals surface area contributed by atoms with E-state index in [2.05, 4.69) is 34.1 Å². The smallest absolute Gasteiger partial charge is 0.334 e. The van der Waals surface area contributed by atoms with Crippen molar-refractivity contribution in [2.75, 3.05) is 68.6 Å². The molecule has 5 heterocycles. The van der Waals surface area contributed by atoms with Crippen molar-refractivity contribution in [2.45, 2.75) is 58.8 Å². The number of esters is 2. The Kier molecular flexibility index (Phi) is 13.8. The second-order valence-electron chi connectivity index (χ2n) is 16.9. The summed E-state index contributed by atoms with van der Waals surface area (Å²) in [5.41, 5.74) is 10.9. The molecule has 328 valence electrons. The molecule has 4 N–H and O–H groups in total. The summed E-state index contributed by atoms with van der Waals surface area (Å²) in [7, 11) is 10.5. The zero-order valence-corrected chi connectivity index (χ0v) is 37.7. The van der Waals surface area contributed by atoms with E-state index in [1.165, 1.54) is 14.2 Å². The molecule has 0 unspecified atom stereocenters. The number of nitrogens with one attached hydrogen (secondary N) is 4. The van der Waals surface area contributed by atoms with Gasteiger partial charge in [0.05, 0.1) is 48.0 Å². The van der Waals surface area contributed by atoms with E-state index < -0.39 is 23.3 Å². The molecule has 8 bridgehead atoms. The van der Waals surface area contributed by atoms with Gasteiger partial charge in [-0.3, -0.25) is 19.4 Å². The van der Waals surface area contributed by atoms with Crippen molar-refractivity contribution in [1.82, 2.24) is 40.4 Å². The number of H-pyrrole nitrogens is 2. The molecule has 14 heteroatoms. The number of aromatic nitrogens is 4. The van der Waals surface area contributed by atoms with Gasteiger partial charge >= 0.3 is 11.9 Å². The monoisotopic (exact) mass is 844 g/mol. The number of rotatable bonds is 15. The van der Waals surface area contributed by atoms with Crippen LogP contribution >= 0.6 is 0 Å². The second-order valence-corrected chi connectivity index (χ2v) is 16.9. The number of aryl methyl sites for hydroxylation is 4. The number of methoxy groups -OCH3 is 2. The molecule has 1 aliphatic carbocycles. The molecule has 0 saturated carbocycles. The van der Waals surface area contributed by atoms with Crippen LogP contribution in [-0.4, -0.2) is 122 Å². The Bertz CT molecular complexity index is 2570. The summed E-state index contributed by atoms with van der Waals surface area (Å²) in [4.78, 5) is 75.2. The molecule has 0 saturated heterocycles. The fraction of sp³-hybridized carbons (Fsp3) is 0.417. The number of carbonyl (C=O) groups excluding carboxylic acids is 4. The average molecular weight is 845 g/mol. The van der Waals surface area contributed by atoms with E-state index in [9.17, 15) is 19.2 Å². The molecule has 0 aromatic carbocycles. The van der Waals surface area contributed by atoms with Crippen LogP contribution < -0.4 is 10.6 Å². The summed E-state index contributed by atoms with van der Waals surface area (Å²) >= 11 is 0. The van der Waals surface area contributed by atoms with Crippen molar-refractivity contribution in [3.05, 3.63) is 99.7 Å². The molecule has 3 aliphatic rings. The van der Waals surface area contributed by atoms with Crippen LogP contribution in [0.5, 0.6) is 0 Å². The molecule has 0 radical (unpaired) electrons. The fourth-order valence-corrected chi connectivity index (χ4v) is 8.62. The van der Waals surface area contributed by atoms with Gasteiger partial charge in [0.2, 0.25) is 11.8 Å². The minimum atomic E-state index is -1.17. The number of nitrogens with zero attached hydrogens (tertiary/aromatic N) is 4. The molecule has 6 rings (SSSR count). The van der Waals surface area contributed by atoms with E-state index in [0.29, 0.717) is 48.7 Å². The van der Waals surface area contributed by atoms with Crippen LogP contribution in [0.1, 0.15) is 71.7 Å². The summed E-state index contributed by atoms with van der Waals surface area (Å²) < 4.78 is 10.5. The molecule has 14 nitrogen and oxygen atoms in total. The maximum Gasteiger partial charge on any atom is 0.334 e. The molecule has 0 spiro atoms. The molecule has 2 amide bonds. The molecular weight excluding hydrogens is 785 g/mol. The van der Waals surface area contributed by atoms with E-state index in [0.717, 1.165) is 74.1 Å². The van der Waals surface area contributed by atoms with Gasteiger partial charge < -0.3 is 39.9 Å². The summed E-state index contributed by atoms with van der Waals surface area (Å²) in [6.45, 7) is 14.6. The Morgan fingerprint density at radius 1 is 0.758 bits per heavy atom. The van der Waals surface area contributed by atoms with Gasteiger partial charge in [0.25, 0.3) is 0 Å². The molecular formula is C48H60N8O6. The SMILES string of the molecule is C=CC1=C(C)c2cc3nc(cc4[nH]c(cc5[nH]c(cc1n2)c(C)c5CCC(=O)NCCN(C)C)c(CCC(=O)NCCN(C)C)c4C)[C@@]1(C)C3=CC=C(C(=O)OC)[C@H]1C(=O)OC. The number of hydrogen-bond acceptors (Lipinski definition) is 10. The molecule has 62 heavy (non-hydrogen) atoms. The summed E-state index contributed by atoms with van der Waals surface area (Å²) in [6, 6.07) is 7.90. The van der Waals surface area contributed by atoms with Crippen LogP contribution in [0, 0.1) is 19.8 Å². The van der Waals surface area contributed by atoms with Gasteiger partial charge in [-0.15, -0.1) is 0 Å². The minimum absolute atomic E-state index is 0.0354. The lowest BCUT2D eigenvalue weighted by Crippen LogP contribution is -2.42. The first-order chi connectivity index (χ1) is 29.5. The van der Waals surface area contributed by atoms with Gasteiger partial charge in [0, 0.05) is 66.7 Å². The van der Waals surface area contributed by atoms with Crippen molar-refractivity contribution in [2.24, 2.45) is 5.92 Å². The normalized spacial score (nSPS) is 17.1. The van der Waals surface area contributed by atoms with Crippen LogP contribution in [0.4, 0.5) is 0 Å². The number of carbonyl (C=O) groups is 4. The topological polar surface area (TPSA) is 175 Å². The molecule has 2 atom stereocenters. The summed E-state index contributed by atoms with van der Waals surface area (Å²) in [5, 5.41) is 6.08.